The first kappa shape index (κ1) is 10.3. The molecule has 0 aliphatic heterocycles. The molecule has 0 fully saturated rings. The standard InChI is InChI=1S/C6H12O5/c1-4(8)6(10)11-5(9)2-3-7/h4-5,7-9H,2-3H2,1H3. The van der Waals surface area contributed by atoms with E-state index in [2.05, 4.69) is 4.74 Å². The molecule has 0 aliphatic carbocycles. The molecule has 0 heterocycles. The Balaban J connectivity index is 3.57. The lowest BCUT2D eigenvalue weighted by atomic mass is 10.4. The van der Waals surface area contributed by atoms with E-state index in [9.17, 15) is 4.79 Å². The molecule has 0 spiro atoms. The van der Waals surface area contributed by atoms with Crippen molar-refractivity contribution in [1.82, 2.24) is 0 Å². The van der Waals surface area contributed by atoms with Gasteiger partial charge in [0.1, 0.15) is 6.10 Å². The number of carbonyl (C=O) groups is 1. The van der Waals surface area contributed by atoms with E-state index in [0.29, 0.717) is 0 Å². The van der Waals surface area contributed by atoms with E-state index in [4.69, 9.17) is 15.3 Å². The molecule has 5 heteroatoms. The number of carbonyl (C=O) groups excluding carboxylic acids is 1. The first-order valence-electron chi connectivity index (χ1n) is 3.25. The minimum Gasteiger partial charge on any atom is -0.434 e. The van der Waals surface area contributed by atoms with Crippen LogP contribution in [0.3, 0.4) is 0 Å². The molecule has 0 radical (unpaired) electrons. The Hall–Kier alpha value is -0.650. The van der Waals surface area contributed by atoms with Gasteiger partial charge in [-0.1, -0.05) is 0 Å². The van der Waals surface area contributed by atoms with Crippen LogP contribution < -0.4 is 0 Å². The fourth-order valence-electron chi connectivity index (χ4n) is 0.402. The summed E-state index contributed by atoms with van der Waals surface area (Å²) in [4.78, 5) is 10.5. The Morgan fingerprint density at radius 1 is 1.55 bits per heavy atom. The molecular formula is C6H12O5. The zero-order chi connectivity index (χ0) is 8.85. The van der Waals surface area contributed by atoms with Crippen LogP contribution in [0.2, 0.25) is 0 Å². The van der Waals surface area contributed by atoms with Crippen molar-refractivity contribution < 1.29 is 24.9 Å². The van der Waals surface area contributed by atoms with Crippen molar-refractivity contribution in [2.24, 2.45) is 0 Å². The molecule has 2 unspecified atom stereocenters. The molecule has 3 N–H and O–H groups in total. The van der Waals surface area contributed by atoms with Gasteiger partial charge in [0.15, 0.2) is 0 Å². The van der Waals surface area contributed by atoms with E-state index in [0.717, 1.165) is 0 Å². The summed E-state index contributed by atoms with van der Waals surface area (Å²) in [5.41, 5.74) is 0. The van der Waals surface area contributed by atoms with Crippen LogP contribution in [0.5, 0.6) is 0 Å². The highest BCUT2D eigenvalue weighted by Gasteiger charge is 2.14. The predicted octanol–water partition coefficient (Wildman–Crippen LogP) is -1.39. The lowest BCUT2D eigenvalue weighted by Crippen LogP contribution is -2.26. The van der Waals surface area contributed by atoms with Crippen molar-refractivity contribution in [2.75, 3.05) is 6.61 Å². The molecule has 5 nitrogen and oxygen atoms in total. The van der Waals surface area contributed by atoms with Crippen LogP contribution in [-0.4, -0.2) is 40.3 Å². The minimum atomic E-state index is -1.33. The molecule has 11 heavy (non-hydrogen) atoms. The number of hydrogen-bond acceptors (Lipinski definition) is 5. The largest absolute Gasteiger partial charge is 0.434 e. The molecule has 0 rings (SSSR count). The number of hydrogen-bond donors (Lipinski definition) is 3. The summed E-state index contributed by atoms with van der Waals surface area (Å²) in [7, 11) is 0. The third-order valence-corrected chi connectivity index (χ3v) is 0.969. The topological polar surface area (TPSA) is 87.0 Å². The quantitative estimate of drug-likeness (QED) is 0.352. The van der Waals surface area contributed by atoms with Crippen molar-refractivity contribution in [3.05, 3.63) is 0 Å². The van der Waals surface area contributed by atoms with Gasteiger partial charge >= 0.3 is 5.97 Å². The monoisotopic (exact) mass is 164 g/mol. The van der Waals surface area contributed by atoms with Crippen LogP contribution in [0.4, 0.5) is 0 Å². The highest BCUT2D eigenvalue weighted by Crippen LogP contribution is 1.96. The predicted molar refractivity (Wildman–Crippen MR) is 35.5 cm³/mol. The van der Waals surface area contributed by atoms with Gasteiger partial charge in [-0.2, -0.15) is 0 Å². The number of aliphatic hydroxyl groups is 3. The molecular weight excluding hydrogens is 152 g/mol. The second kappa shape index (κ2) is 5.06. The molecule has 0 aromatic rings. The third kappa shape index (κ3) is 4.72. The Kier molecular flexibility index (Phi) is 4.76. The van der Waals surface area contributed by atoms with E-state index < -0.39 is 18.4 Å². The Labute approximate surface area is 64.2 Å². The van der Waals surface area contributed by atoms with Crippen LogP contribution in [0.1, 0.15) is 13.3 Å². The molecule has 0 saturated carbocycles. The summed E-state index contributed by atoms with van der Waals surface area (Å²) in [6.45, 7) is 0.961. The van der Waals surface area contributed by atoms with Crippen LogP contribution in [-0.2, 0) is 9.53 Å². The summed E-state index contributed by atoms with van der Waals surface area (Å²) >= 11 is 0. The van der Waals surface area contributed by atoms with E-state index >= 15 is 0 Å². The summed E-state index contributed by atoms with van der Waals surface area (Å²) in [5.74, 6) is -0.897. The highest BCUT2D eigenvalue weighted by atomic mass is 16.6. The molecule has 0 amide bonds. The smallest absolute Gasteiger partial charge is 0.336 e. The van der Waals surface area contributed by atoms with Crippen molar-refractivity contribution in [3.63, 3.8) is 0 Å². The fourth-order valence-corrected chi connectivity index (χ4v) is 0.402. The van der Waals surface area contributed by atoms with Crippen molar-refractivity contribution in [2.45, 2.75) is 25.7 Å². The first-order valence-corrected chi connectivity index (χ1v) is 3.25. The van der Waals surface area contributed by atoms with E-state index in [-0.39, 0.29) is 13.0 Å². The lowest BCUT2D eigenvalue weighted by molar-refractivity contribution is -0.178. The third-order valence-electron chi connectivity index (χ3n) is 0.969. The molecule has 0 aromatic carbocycles. The van der Waals surface area contributed by atoms with Gasteiger partial charge in [-0.25, -0.2) is 4.79 Å². The average molecular weight is 164 g/mol. The van der Waals surface area contributed by atoms with Gasteiger partial charge in [-0.15, -0.1) is 0 Å². The minimum absolute atomic E-state index is 0.0432. The zero-order valence-electron chi connectivity index (χ0n) is 6.23. The van der Waals surface area contributed by atoms with Crippen molar-refractivity contribution in [3.8, 4) is 0 Å². The van der Waals surface area contributed by atoms with Crippen LogP contribution in [0.25, 0.3) is 0 Å². The number of rotatable bonds is 4. The Morgan fingerprint density at radius 3 is 2.45 bits per heavy atom. The Morgan fingerprint density at radius 2 is 2.09 bits per heavy atom. The van der Waals surface area contributed by atoms with Crippen LogP contribution in [0, 0.1) is 0 Å². The van der Waals surface area contributed by atoms with Crippen molar-refractivity contribution >= 4 is 5.97 Å². The van der Waals surface area contributed by atoms with Crippen LogP contribution in [0.15, 0.2) is 0 Å². The maximum atomic E-state index is 10.5. The van der Waals surface area contributed by atoms with E-state index in [1.807, 2.05) is 0 Å². The zero-order valence-corrected chi connectivity index (χ0v) is 6.23. The van der Waals surface area contributed by atoms with Crippen molar-refractivity contribution in [1.29, 1.82) is 0 Å². The average Bonchev–Trinajstić information content (AvgIpc) is 1.87. The molecule has 66 valence electrons. The second-order valence-electron chi connectivity index (χ2n) is 2.08. The highest BCUT2D eigenvalue weighted by molar-refractivity contribution is 5.73. The Bertz CT molecular complexity index is 122. The van der Waals surface area contributed by atoms with Gasteiger partial charge < -0.3 is 20.1 Å². The second-order valence-corrected chi connectivity index (χ2v) is 2.08. The summed E-state index contributed by atoms with van der Waals surface area (Å²) in [6, 6.07) is 0. The summed E-state index contributed by atoms with van der Waals surface area (Å²) in [6.07, 6.45) is -2.62. The number of aliphatic hydroxyl groups excluding tert-OH is 3. The fraction of sp³-hybridized carbons (Fsp3) is 0.833. The maximum absolute atomic E-state index is 10.5. The molecule has 2 atom stereocenters. The molecule has 0 aliphatic rings. The molecule has 0 bridgehead atoms. The maximum Gasteiger partial charge on any atom is 0.336 e. The van der Waals surface area contributed by atoms with E-state index in [1.165, 1.54) is 6.92 Å². The molecule has 0 saturated heterocycles. The van der Waals surface area contributed by atoms with E-state index in [1.54, 1.807) is 0 Å². The lowest BCUT2D eigenvalue weighted by Gasteiger charge is -2.11. The normalized spacial score (nSPS) is 15.6. The van der Waals surface area contributed by atoms with Gasteiger partial charge in [-0.05, 0) is 6.92 Å². The number of ether oxygens (including phenoxy) is 1. The summed E-state index contributed by atoms with van der Waals surface area (Å²) in [5, 5.41) is 25.6. The first-order chi connectivity index (χ1) is 5.07. The van der Waals surface area contributed by atoms with Gasteiger partial charge in [0.25, 0.3) is 0 Å². The summed E-state index contributed by atoms with van der Waals surface area (Å²) < 4.78 is 4.26. The SMILES string of the molecule is CC(O)C(=O)OC(O)CCO. The van der Waals surface area contributed by atoms with Gasteiger partial charge in [0, 0.05) is 13.0 Å². The van der Waals surface area contributed by atoms with Crippen LogP contribution >= 0.6 is 0 Å². The van der Waals surface area contributed by atoms with Gasteiger partial charge in [-0.3, -0.25) is 0 Å². The van der Waals surface area contributed by atoms with Gasteiger partial charge in [0.2, 0.25) is 6.29 Å². The van der Waals surface area contributed by atoms with Gasteiger partial charge in [0.05, 0.1) is 0 Å². The molecule has 0 aromatic heterocycles. The number of esters is 1.